The third-order valence-electron chi connectivity index (χ3n) is 3.10. The number of hydrogen-bond acceptors (Lipinski definition) is 4. The maximum absolute atomic E-state index is 11.1. The van der Waals surface area contributed by atoms with E-state index in [4.69, 9.17) is 5.11 Å². The first-order chi connectivity index (χ1) is 8.92. The third kappa shape index (κ3) is 3.30. The van der Waals surface area contributed by atoms with E-state index in [2.05, 4.69) is 5.10 Å². The summed E-state index contributed by atoms with van der Waals surface area (Å²) in [5.41, 5.74) is 1.11. The van der Waals surface area contributed by atoms with Gasteiger partial charge in [0.25, 0.3) is 0 Å². The molecule has 0 saturated heterocycles. The van der Waals surface area contributed by atoms with Crippen molar-refractivity contribution in [2.45, 2.75) is 52.5 Å². The number of aromatic nitrogens is 2. The van der Waals surface area contributed by atoms with Gasteiger partial charge in [-0.05, 0) is 26.2 Å². The Morgan fingerprint density at radius 1 is 1.47 bits per heavy atom. The summed E-state index contributed by atoms with van der Waals surface area (Å²) in [6.45, 7) is 5.49. The molecule has 1 N–H and O–H groups in total. The van der Waals surface area contributed by atoms with E-state index in [0.717, 1.165) is 0 Å². The van der Waals surface area contributed by atoms with E-state index >= 15 is 0 Å². The Bertz CT molecular complexity index is 482. The monoisotopic (exact) mass is 269 g/mol. The highest BCUT2D eigenvalue weighted by Crippen LogP contribution is 2.28. The van der Waals surface area contributed by atoms with Crippen LogP contribution < -0.4 is 0 Å². The van der Waals surface area contributed by atoms with E-state index in [1.54, 1.807) is 4.68 Å². The molecule has 0 bridgehead atoms. The minimum Gasteiger partial charge on any atom is -0.481 e. The highest BCUT2D eigenvalue weighted by molar-refractivity contribution is 5.66. The topological polar surface area (TPSA) is 98.3 Å². The van der Waals surface area contributed by atoms with E-state index in [9.17, 15) is 14.9 Å². The highest BCUT2D eigenvalue weighted by Gasteiger charge is 2.27. The van der Waals surface area contributed by atoms with Crippen LogP contribution in [0.15, 0.2) is 0 Å². The number of hydrogen-bond donors (Lipinski definition) is 1. The van der Waals surface area contributed by atoms with Crippen molar-refractivity contribution in [3.05, 3.63) is 21.5 Å². The predicted octanol–water partition coefficient (Wildman–Crippen LogP) is 2.34. The van der Waals surface area contributed by atoms with Crippen molar-refractivity contribution in [3.8, 4) is 0 Å². The second-order valence-electron chi connectivity index (χ2n) is 4.43. The van der Waals surface area contributed by atoms with Crippen LogP contribution in [-0.2, 0) is 17.6 Å². The van der Waals surface area contributed by atoms with Gasteiger partial charge < -0.3 is 5.11 Å². The maximum Gasteiger partial charge on any atom is 0.313 e. The molecular weight excluding hydrogens is 250 g/mol. The number of carboxylic acids is 1. The maximum atomic E-state index is 11.1. The first-order valence-electron chi connectivity index (χ1n) is 6.38. The van der Waals surface area contributed by atoms with Gasteiger partial charge in [-0.2, -0.15) is 5.10 Å². The molecule has 7 nitrogen and oxygen atoms in total. The molecule has 0 fully saturated rings. The van der Waals surface area contributed by atoms with Gasteiger partial charge in [-0.3, -0.25) is 19.6 Å². The molecule has 0 saturated carbocycles. The molecule has 1 atom stereocenters. The van der Waals surface area contributed by atoms with Gasteiger partial charge in [-0.1, -0.05) is 13.8 Å². The molecule has 1 aromatic heterocycles. The van der Waals surface area contributed by atoms with Crippen molar-refractivity contribution < 1.29 is 14.8 Å². The zero-order valence-electron chi connectivity index (χ0n) is 11.4. The molecule has 0 radical (unpaired) electrons. The van der Waals surface area contributed by atoms with Crippen LogP contribution in [0.5, 0.6) is 0 Å². The van der Waals surface area contributed by atoms with Crippen LogP contribution in [0.3, 0.4) is 0 Å². The Hall–Kier alpha value is -1.92. The second kappa shape index (κ2) is 6.31. The smallest absolute Gasteiger partial charge is 0.313 e. The first-order valence-corrected chi connectivity index (χ1v) is 6.38. The lowest BCUT2D eigenvalue weighted by atomic mass is 10.1. The number of aliphatic carboxylic acids is 1. The Kier molecular flexibility index (Phi) is 5.02. The molecule has 0 amide bonds. The van der Waals surface area contributed by atoms with Gasteiger partial charge in [0, 0.05) is 6.42 Å². The lowest BCUT2D eigenvalue weighted by Gasteiger charge is -2.13. The summed E-state index contributed by atoms with van der Waals surface area (Å²) in [4.78, 5) is 21.3. The average molecular weight is 269 g/mol. The molecule has 106 valence electrons. The molecule has 1 aromatic rings. The van der Waals surface area contributed by atoms with Gasteiger partial charge in [0.2, 0.25) is 0 Å². The summed E-state index contributed by atoms with van der Waals surface area (Å²) in [6.07, 6.45) is 1.42. The number of nitro groups is 1. The largest absolute Gasteiger partial charge is 0.481 e. The van der Waals surface area contributed by atoms with E-state index in [0.29, 0.717) is 30.7 Å². The molecule has 0 aromatic carbocycles. The van der Waals surface area contributed by atoms with Crippen LogP contribution in [0, 0.1) is 10.1 Å². The SMILES string of the molecule is CCc1nn(C(C)CCC(=O)O)c(CC)c1[N+](=O)[O-]. The molecule has 7 heteroatoms. The van der Waals surface area contributed by atoms with Gasteiger partial charge in [0.05, 0.1) is 11.0 Å². The molecule has 0 spiro atoms. The lowest BCUT2D eigenvalue weighted by molar-refractivity contribution is -0.386. The summed E-state index contributed by atoms with van der Waals surface area (Å²) in [5.74, 6) is -0.873. The summed E-state index contributed by atoms with van der Waals surface area (Å²) in [5, 5.41) is 24.1. The Morgan fingerprint density at radius 3 is 2.53 bits per heavy atom. The van der Waals surface area contributed by atoms with Crippen LogP contribution in [-0.4, -0.2) is 25.8 Å². The molecule has 0 aliphatic rings. The number of aryl methyl sites for hydroxylation is 1. The molecule has 0 aliphatic carbocycles. The van der Waals surface area contributed by atoms with E-state index in [1.807, 2.05) is 20.8 Å². The van der Waals surface area contributed by atoms with Crippen LogP contribution in [0.2, 0.25) is 0 Å². The predicted molar refractivity (Wildman–Crippen MR) is 69.2 cm³/mol. The fourth-order valence-electron chi connectivity index (χ4n) is 2.11. The van der Waals surface area contributed by atoms with Crippen LogP contribution >= 0.6 is 0 Å². The molecular formula is C12H19N3O4. The first kappa shape index (κ1) is 15.1. The van der Waals surface area contributed by atoms with Gasteiger partial charge in [-0.25, -0.2) is 0 Å². The number of carboxylic acid groups (broad SMARTS) is 1. The minimum atomic E-state index is -0.873. The number of carbonyl (C=O) groups is 1. The zero-order valence-corrected chi connectivity index (χ0v) is 11.4. The quantitative estimate of drug-likeness (QED) is 0.605. The van der Waals surface area contributed by atoms with Crippen molar-refractivity contribution >= 4 is 11.7 Å². The third-order valence-corrected chi connectivity index (χ3v) is 3.10. The standard InChI is InChI=1S/C12H19N3O4/c1-4-9-12(15(18)19)10(5-2)14(13-9)8(3)6-7-11(16)17/h8H,4-7H2,1-3H3,(H,16,17). The van der Waals surface area contributed by atoms with E-state index in [1.165, 1.54) is 0 Å². The van der Waals surface area contributed by atoms with Gasteiger partial charge >= 0.3 is 11.7 Å². The Balaban J connectivity index is 3.13. The van der Waals surface area contributed by atoms with Crippen molar-refractivity contribution in [2.24, 2.45) is 0 Å². The summed E-state index contributed by atoms with van der Waals surface area (Å²) >= 11 is 0. The second-order valence-corrected chi connectivity index (χ2v) is 4.43. The van der Waals surface area contributed by atoms with Crippen LogP contribution in [0.25, 0.3) is 0 Å². The van der Waals surface area contributed by atoms with E-state index in [-0.39, 0.29) is 18.2 Å². The minimum absolute atomic E-state index is 0.0272. The normalized spacial score (nSPS) is 12.4. The summed E-state index contributed by atoms with van der Waals surface area (Å²) < 4.78 is 1.61. The number of rotatable bonds is 7. The van der Waals surface area contributed by atoms with Gasteiger partial charge in [0.1, 0.15) is 11.4 Å². The number of nitrogens with zero attached hydrogens (tertiary/aromatic N) is 3. The molecule has 1 rings (SSSR count). The summed E-state index contributed by atoms with van der Waals surface area (Å²) in [7, 11) is 0. The Labute approximate surface area is 111 Å². The molecule has 19 heavy (non-hydrogen) atoms. The van der Waals surface area contributed by atoms with Gasteiger partial charge in [-0.15, -0.1) is 0 Å². The van der Waals surface area contributed by atoms with Crippen molar-refractivity contribution in [1.82, 2.24) is 9.78 Å². The molecule has 0 aliphatic heterocycles. The average Bonchev–Trinajstić information content (AvgIpc) is 2.74. The fraction of sp³-hybridized carbons (Fsp3) is 0.667. The van der Waals surface area contributed by atoms with Crippen LogP contribution in [0.4, 0.5) is 5.69 Å². The molecule has 1 unspecified atom stereocenters. The van der Waals surface area contributed by atoms with Crippen LogP contribution in [0.1, 0.15) is 51.0 Å². The highest BCUT2D eigenvalue weighted by atomic mass is 16.6. The van der Waals surface area contributed by atoms with Crippen molar-refractivity contribution in [3.63, 3.8) is 0 Å². The van der Waals surface area contributed by atoms with Gasteiger partial charge in [0.15, 0.2) is 0 Å². The van der Waals surface area contributed by atoms with Crippen molar-refractivity contribution in [2.75, 3.05) is 0 Å². The van der Waals surface area contributed by atoms with Crippen molar-refractivity contribution in [1.29, 1.82) is 0 Å². The van der Waals surface area contributed by atoms with E-state index < -0.39 is 10.9 Å². The molecule has 1 heterocycles. The Morgan fingerprint density at radius 2 is 2.11 bits per heavy atom. The summed E-state index contributed by atoms with van der Waals surface area (Å²) in [6, 6.07) is -0.162. The zero-order chi connectivity index (χ0) is 14.6. The fourth-order valence-corrected chi connectivity index (χ4v) is 2.11. The lowest BCUT2D eigenvalue weighted by Crippen LogP contribution is -2.12.